The summed E-state index contributed by atoms with van der Waals surface area (Å²) in [5, 5.41) is 12.1. The molecular formula is C12H24N2O4. The lowest BCUT2D eigenvalue weighted by Crippen LogP contribution is -2.50. The van der Waals surface area contributed by atoms with Crippen molar-refractivity contribution in [3.05, 3.63) is 0 Å². The molecule has 18 heavy (non-hydrogen) atoms. The van der Waals surface area contributed by atoms with Crippen LogP contribution in [0.25, 0.3) is 0 Å². The minimum absolute atomic E-state index is 0.193. The molecule has 4 N–H and O–H groups in total. The highest BCUT2D eigenvalue weighted by molar-refractivity contribution is 5.80. The quantitative estimate of drug-likeness (QED) is 0.679. The number of rotatable bonds is 5. The fraction of sp³-hybridized carbons (Fsp3) is 0.833. The molecule has 6 heteroatoms. The smallest absolute Gasteiger partial charge is 0.407 e. The van der Waals surface area contributed by atoms with Crippen LogP contribution in [-0.4, -0.2) is 34.9 Å². The Morgan fingerprint density at radius 2 is 1.83 bits per heavy atom. The number of aliphatic hydroxyl groups is 1. The summed E-state index contributed by atoms with van der Waals surface area (Å²) < 4.78 is 5.07. The average Bonchev–Trinajstić information content (AvgIpc) is 2.11. The van der Waals surface area contributed by atoms with Crippen LogP contribution >= 0.6 is 0 Å². The molecule has 6 nitrogen and oxygen atoms in total. The lowest BCUT2D eigenvalue weighted by molar-refractivity contribution is -0.127. The Morgan fingerprint density at radius 3 is 2.17 bits per heavy atom. The van der Waals surface area contributed by atoms with Gasteiger partial charge in [-0.25, -0.2) is 4.79 Å². The van der Waals surface area contributed by atoms with E-state index in [4.69, 9.17) is 10.5 Å². The third-order valence-electron chi connectivity index (χ3n) is 2.10. The van der Waals surface area contributed by atoms with Gasteiger partial charge >= 0.3 is 6.09 Å². The van der Waals surface area contributed by atoms with Gasteiger partial charge in [-0.15, -0.1) is 0 Å². The van der Waals surface area contributed by atoms with Crippen molar-refractivity contribution in [2.75, 3.05) is 0 Å². The van der Waals surface area contributed by atoms with Crippen LogP contribution in [0.5, 0.6) is 0 Å². The van der Waals surface area contributed by atoms with Gasteiger partial charge in [-0.3, -0.25) is 4.79 Å². The van der Waals surface area contributed by atoms with E-state index in [0.717, 1.165) is 0 Å². The summed E-state index contributed by atoms with van der Waals surface area (Å²) in [5.74, 6) is -0.671. The number of primary amides is 1. The van der Waals surface area contributed by atoms with Crippen LogP contribution < -0.4 is 11.1 Å². The van der Waals surface area contributed by atoms with Crippen LogP contribution in [0.1, 0.15) is 41.0 Å². The second-order valence-corrected chi connectivity index (χ2v) is 5.73. The lowest BCUT2D eigenvalue weighted by atomic mass is 9.99. The molecule has 0 heterocycles. The lowest BCUT2D eigenvalue weighted by Gasteiger charge is -2.26. The van der Waals surface area contributed by atoms with E-state index in [1.807, 2.05) is 13.8 Å². The summed E-state index contributed by atoms with van der Waals surface area (Å²) in [6.07, 6.45) is -1.66. The zero-order chi connectivity index (χ0) is 14.5. The number of alkyl carbamates (subject to hydrolysis) is 1. The Bertz CT molecular complexity index is 297. The summed E-state index contributed by atoms with van der Waals surface area (Å²) in [5.41, 5.74) is 4.40. The first-order valence-electron chi connectivity index (χ1n) is 6.00. The summed E-state index contributed by atoms with van der Waals surface area (Å²) >= 11 is 0. The summed E-state index contributed by atoms with van der Waals surface area (Å²) in [7, 11) is 0. The zero-order valence-electron chi connectivity index (χ0n) is 11.7. The van der Waals surface area contributed by atoms with Gasteiger partial charge in [-0.1, -0.05) is 13.8 Å². The summed E-state index contributed by atoms with van der Waals surface area (Å²) in [6, 6.07) is -0.739. The molecule has 0 rings (SSSR count). The highest BCUT2D eigenvalue weighted by Gasteiger charge is 2.28. The largest absolute Gasteiger partial charge is 0.444 e. The Hall–Kier alpha value is -1.30. The van der Waals surface area contributed by atoms with Gasteiger partial charge in [0.05, 0.1) is 6.04 Å². The average molecular weight is 260 g/mol. The first kappa shape index (κ1) is 16.7. The molecule has 0 fully saturated rings. The number of nitrogens with one attached hydrogen (secondary N) is 1. The van der Waals surface area contributed by atoms with Crippen molar-refractivity contribution in [3.63, 3.8) is 0 Å². The minimum atomic E-state index is -1.42. The molecule has 0 aliphatic heterocycles. The maximum absolute atomic E-state index is 11.6. The first-order chi connectivity index (χ1) is 8.03. The third kappa shape index (κ3) is 7.11. The van der Waals surface area contributed by atoms with E-state index in [2.05, 4.69) is 5.32 Å². The normalized spacial score (nSPS) is 15.1. The van der Waals surface area contributed by atoms with E-state index < -0.39 is 29.7 Å². The maximum Gasteiger partial charge on any atom is 0.407 e. The molecule has 0 aromatic rings. The third-order valence-corrected chi connectivity index (χ3v) is 2.10. The Kier molecular flexibility index (Phi) is 6.11. The van der Waals surface area contributed by atoms with Crippen molar-refractivity contribution < 1.29 is 19.4 Å². The number of carbonyl (C=O) groups is 2. The molecule has 106 valence electrons. The Morgan fingerprint density at radius 1 is 1.33 bits per heavy atom. The number of carbonyl (C=O) groups excluding carboxylic acids is 2. The molecule has 1 unspecified atom stereocenters. The van der Waals surface area contributed by atoms with Crippen molar-refractivity contribution in [3.8, 4) is 0 Å². The predicted octanol–water partition coefficient (Wildman–Crippen LogP) is 0.772. The van der Waals surface area contributed by atoms with Crippen LogP contribution in [0.15, 0.2) is 0 Å². The Balaban J connectivity index is 4.59. The van der Waals surface area contributed by atoms with E-state index in [-0.39, 0.29) is 5.92 Å². The molecule has 0 aliphatic carbocycles. The molecule has 0 spiro atoms. The highest BCUT2D eigenvalue weighted by Crippen LogP contribution is 2.11. The number of hydrogen-bond donors (Lipinski definition) is 3. The number of aliphatic hydroxyl groups excluding tert-OH is 1. The molecule has 0 bridgehead atoms. The fourth-order valence-corrected chi connectivity index (χ4v) is 1.43. The summed E-state index contributed by atoms with van der Waals surface area (Å²) in [6.45, 7) is 9.02. The van der Waals surface area contributed by atoms with E-state index in [1.54, 1.807) is 20.8 Å². The zero-order valence-corrected chi connectivity index (χ0v) is 11.7. The number of amides is 2. The van der Waals surface area contributed by atoms with Gasteiger partial charge < -0.3 is 20.9 Å². The van der Waals surface area contributed by atoms with Crippen molar-refractivity contribution in [2.45, 2.75) is 58.8 Å². The van der Waals surface area contributed by atoms with Gasteiger partial charge in [0.15, 0.2) is 6.10 Å². The molecule has 0 saturated heterocycles. The number of ether oxygens (including phenoxy) is 1. The van der Waals surface area contributed by atoms with Gasteiger partial charge in [0, 0.05) is 0 Å². The van der Waals surface area contributed by atoms with Gasteiger partial charge in [-0.05, 0) is 33.1 Å². The van der Waals surface area contributed by atoms with E-state index in [0.29, 0.717) is 6.42 Å². The predicted molar refractivity (Wildman–Crippen MR) is 67.8 cm³/mol. The SMILES string of the molecule is CC(C)C[C@H](NC(=O)OC(C)(C)C)C(O)C(N)=O. The molecule has 0 aliphatic rings. The second-order valence-electron chi connectivity index (χ2n) is 5.73. The molecule has 2 atom stereocenters. The van der Waals surface area contributed by atoms with Crippen molar-refractivity contribution in [1.29, 1.82) is 0 Å². The van der Waals surface area contributed by atoms with Crippen molar-refractivity contribution in [2.24, 2.45) is 11.7 Å². The maximum atomic E-state index is 11.6. The molecule has 0 saturated carbocycles. The fourth-order valence-electron chi connectivity index (χ4n) is 1.43. The second kappa shape index (κ2) is 6.58. The summed E-state index contributed by atoms with van der Waals surface area (Å²) in [4.78, 5) is 22.6. The van der Waals surface area contributed by atoms with Crippen LogP contribution in [0.3, 0.4) is 0 Å². The van der Waals surface area contributed by atoms with Crippen molar-refractivity contribution in [1.82, 2.24) is 5.32 Å². The monoisotopic (exact) mass is 260 g/mol. The van der Waals surface area contributed by atoms with Crippen LogP contribution in [-0.2, 0) is 9.53 Å². The first-order valence-corrected chi connectivity index (χ1v) is 6.00. The van der Waals surface area contributed by atoms with Gasteiger partial charge in [0.2, 0.25) is 5.91 Å². The van der Waals surface area contributed by atoms with Gasteiger partial charge in [0.25, 0.3) is 0 Å². The van der Waals surface area contributed by atoms with Crippen LogP contribution in [0, 0.1) is 5.92 Å². The van der Waals surface area contributed by atoms with E-state index in [1.165, 1.54) is 0 Å². The van der Waals surface area contributed by atoms with Crippen LogP contribution in [0.4, 0.5) is 4.79 Å². The molecule has 2 amide bonds. The van der Waals surface area contributed by atoms with Gasteiger partial charge in [-0.2, -0.15) is 0 Å². The topological polar surface area (TPSA) is 102 Å². The molecule has 0 radical (unpaired) electrons. The minimum Gasteiger partial charge on any atom is -0.444 e. The number of hydrogen-bond acceptors (Lipinski definition) is 4. The standard InChI is InChI=1S/C12H24N2O4/c1-7(2)6-8(9(15)10(13)16)14-11(17)18-12(3,4)5/h7-9,15H,6H2,1-5H3,(H2,13,16)(H,14,17)/t8-,9?/m0/s1. The van der Waals surface area contributed by atoms with E-state index >= 15 is 0 Å². The Labute approximate surface area is 108 Å². The van der Waals surface area contributed by atoms with Crippen LogP contribution in [0.2, 0.25) is 0 Å². The van der Waals surface area contributed by atoms with Gasteiger partial charge in [0.1, 0.15) is 5.60 Å². The molecule has 0 aromatic heterocycles. The number of nitrogens with two attached hydrogens (primary N) is 1. The highest BCUT2D eigenvalue weighted by atomic mass is 16.6. The molecule has 0 aromatic carbocycles. The molecular weight excluding hydrogens is 236 g/mol. The van der Waals surface area contributed by atoms with Crippen molar-refractivity contribution >= 4 is 12.0 Å². The van der Waals surface area contributed by atoms with E-state index in [9.17, 15) is 14.7 Å².